The minimum atomic E-state index is -3.47. The maximum absolute atomic E-state index is 12.6. The molecule has 100 valence electrons. The van der Waals surface area contributed by atoms with E-state index in [1.165, 1.54) is 0 Å². The Labute approximate surface area is 112 Å². The van der Waals surface area contributed by atoms with Gasteiger partial charge >= 0.3 is 0 Å². The van der Waals surface area contributed by atoms with E-state index in [1.807, 2.05) is 6.92 Å². The standard InChI is InChI=1S/C14H15NO3S/c1-10-12-7-8-14(16)15(12)9-13(10)19(17,18)11-5-3-2-4-6-11/h2-6,12H,7-9H2,1H3. The van der Waals surface area contributed by atoms with Crippen molar-refractivity contribution in [1.29, 1.82) is 0 Å². The van der Waals surface area contributed by atoms with Crippen LogP contribution in [-0.4, -0.2) is 31.8 Å². The summed E-state index contributed by atoms with van der Waals surface area (Å²) in [5, 5.41) is 0. The summed E-state index contributed by atoms with van der Waals surface area (Å²) in [6, 6.07) is 8.40. The second kappa shape index (κ2) is 4.20. The fourth-order valence-corrected chi connectivity index (χ4v) is 4.56. The van der Waals surface area contributed by atoms with E-state index in [9.17, 15) is 13.2 Å². The average molecular weight is 277 g/mol. The van der Waals surface area contributed by atoms with Crippen molar-refractivity contribution in [3.8, 4) is 0 Å². The summed E-state index contributed by atoms with van der Waals surface area (Å²) in [4.78, 5) is 14.1. The predicted molar refractivity (Wildman–Crippen MR) is 71.1 cm³/mol. The van der Waals surface area contributed by atoms with Crippen molar-refractivity contribution >= 4 is 15.7 Å². The molecule has 0 radical (unpaired) electrons. The van der Waals surface area contributed by atoms with Gasteiger partial charge in [0.1, 0.15) is 0 Å². The molecule has 0 spiro atoms. The molecule has 4 nitrogen and oxygen atoms in total. The van der Waals surface area contributed by atoms with Crippen LogP contribution in [-0.2, 0) is 14.6 Å². The van der Waals surface area contributed by atoms with E-state index in [0.717, 1.165) is 12.0 Å². The number of benzene rings is 1. The highest BCUT2D eigenvalue weighted by Crippen LogP contribution is 2.37. The Morgan fingerprint density at radius 3 is 2.53 bits per heavy atom. The molecule has 0 saturated carbocycles. The van der Waals surface area contributed by atoms with Crippen molar-refractivity contribution in [2.24, 2.45) is 0 Å². The van der Waals surface area contributed by atoms with Crippen molar-refractivity contribution in [3.05, 3.63) is 40.8 Å². The van der Waals surface area contributed by atoms with Crippen LogP contribution in [0.3, 0.4) is 0 Å². The maximum atomic E-state index is 12.6. The molecule has 1 atom stereocenters. The minimum Gasteiger partial charge on any atom is -0.331 e. The summed E-state index contributed by atoms with van der Waals surface area (Å²) in [7, 11) is -3.47. The van der Waals surface area contributed by atoms with E-state index >= 15 is 0 Å². The van der Waals surface area contributed by atoms with Crippen LogP contribution in [0.2, 0.25) is 0 Å². The average Bonchev–Trinajstić information content (AvgIpc) is 2.93. The van der Waals surface area contributed by atoms with Gasteiger partial charge in [-0.15, -0.1) is 0 Å². The lowest BCUT2D eigenvalue weighted by Gasteiger charge is -2.16. The van der Waals surface area contributed by atoms with Crippen molar-refractivity contribution in [1.82, 2.24) is 4.90 Å². The Kier molecular flexibility index (Phi) is 2.74. The molecule has 1 saturated heterocycles. The Morgan fingerprint density at radius 2 is 1.89 bits per heavy atom. The lowest BCUT2D eigenvalue weighted by atomic mass is 10.1. The molecular formula is C14H15NO3S. The second-order valence-corrected chi connectivity index (χ2v) is 6.97. The quantitative estimate of drug-likeness (QED) is 0.827. The van der Waals surface area contributed by atoms with Crippen molar-refractivity contribution < 1.29 is 13.2 Å². The molecule has 1 fully saturated rings. The van der Waals surface area contributed by atoms with Crippen molar-refractivity contribution in [2.45, 2.75) is 30.7 Å². The van der Waals surface area contributed by atoms with Gasteiger partial charge in [0.15, 0.2) is 0 Å². The summed E-state index contributed by atoms with van der Waals surface area (Å²) >= 11 is 0. The first-order valence-corrected chi connectivity index (χ1v) is 7.79. The first-order valence-electron chi connectivity index (χ1n) is 6.31. The number of nitrogens with zero attached hydrogens (tertiary/aromatic N) is 1. The van der Waals surface area contributed by atoms with Gasteiger partial charge in [-0.25, -0.2) is 8.42 Å². The van der Waals surface area contributed by atoms with Gasteiger partial charge in [-0.05, 0) is 31.1 Å². The molecule has 2 aliphatic heterocycles. The summed E-state index contributed by atoms with van der Waals surface area (Å²) < 4.78 is 25.2. The number of rotatable bonds is 2. The number of amides is 1. The van der Waals surface area contributed by atoms with Crippen LogP contribution in [0.15, 0.2) is 45.7 Å². The molecule has 0 N–H and O–H groups in total. The summed E-state index contributed by atoms with van der Waals surface area (Å²) in [5.41, 5.74) is 0.828. The lowest BCUT2D eigenvalue weighted by molar-refractivity contribution is -0.127. The molecule has 1 aromatic rings. The van der Waals surface area contributed by atoms with Gasteiger partial charge in [0.25, 0.3) is 0 Å². The van der Waals surface area contributed by atoms with E-state index in [4.69, 9.17) is 0 Å². The molecule has 19 heavy (non-hydrogen) atoms. The summed E-state index contributed by atoms with van der Waals surface area (Å²) in [5.74, 6) is 0.0580. The van der Waals surface area contributed by atoms with Crippen LogP contribution in [0.5, 0.6) is 0 Å². The van der Waals surface area contributed by atoms with E-state index < -0.39 is 9.84 Å². The maximum Gasteiger partial charge on any atom is 0.223 e. The van der Waals surface area contributed by atoms with E-state index in [2.05, 4.69) is 0 Å². The largest absolute Gasteiger partial charge is 0.331 e. The molecule has 0 aromatic heterocycles. The van der Waals surface area contributed by atoms with Crippen LogP contribution in [0.4, 0.5) is 0 Å². The third-order valence-corrected chi connectivity index (χ3v) is 5.95. The van der Waals surface area contributed by atoms with Crippen molar-refractivity contribution in [2.75, 3.05) is 6.54 Å². The zero-order valence-corrected chi connectivity index (χ0v) is 11.5. The molecule has 1 amide bonds. The monoisotopic (exact) mass is 277 g/mol. The minimum absolute atomic E-state index is 0.0130. The Bertz CT molecular complexity index is 661. The Balaban J connectivity index is 2.04. The van der Waals surface area contributed by atoms with Gasteiger partial charge in [-0.1, -0.05) is 18.2 Å². The SMILES string of the molecule is CC1=C(S(=O)(=O)c2ccccc2)CN2C(=O)CCC12. The molecule has 1 aromatic carbocycles. The fraction of sp³-hybridized carbons (Fsp3) is 0.357. The number of carbonyl (C=O) groups excluding carboxylic acids is 1. The van der Waals surface area contributed by atoms with Gasteiger partial charge in [-0.2, -0.15) is 0 Å². The van der Waals surface area contributed by atoms with Gasteiger partial charge in [0.05, 0.1) is 22.4 Å². The Hall–Kier alpha value is -1.62. The smallest absolute Gasteiger partial charge is 0.223 e. The Morgan fingerprint density at radius 1 is 1.21 bits per heavy atom. The van der Waals surface area contributed by atoms with Crippen molar-refractivity contribution in [3.63, 3.8) is 0 Å². The third kappa shape index (κ3) is 1.80. The molecule has 2 aliphatic rings. The number of hydrogen-bond acceptors (Lipinski definition) is 3. The topological polar surface area (TPSA) is 54.5 Å². The summed E-state index contributed by atoms with van der Waals surface area (Å²) in [6.07, 6.45) is 1.26. The van der Waals surface area contributed by atoms with Gasteiger partial charge < -0.3 is 4.90 Å². The van der Waals surface area contributed by atoms with E-state index in [-0.39, 0.29) is 18.5 Å². The summed E-state index contributed by atoms with van der Waals surface area (Å²) in [6.45, 7) is 2.06. The number of fused-ring (bicyclic) bond motifs is 1. The highest BCUT2D eigenvalue weighted by molar-refractivity contribution is 7.95. The highest BCUT2D eigenvalue weighted by Gasteiger charge is 2.42. The van der Waals surface area contributed by atoms with Crippen LogP contribution in [0.1, 0.15) is 19.8 Å². The van der Waals surface area contributed by atoms with Gasteiger partial charge in [0, 0.05) is 6.42 Å². The normalized spacial score (nSPS) is 23.1. The van der Waals surface area contributed by atoms with E-state index in [1.54, 1.807) is 35.2 Å². The zero-order chi connectivity index (χ0) is 13.6. The van der Waals surface area contributed by atoms with Gasteiger partial charge in [0.2, 0.25) is 15.7 Å². The fourth-order valence-electron chi connectivity index (χ4n) is 2.89. The first kappa shape index (κ1) is 12.4. The first-order chi connectivity index (χ1) is 9.01. The molecule has 2 heterocycles. The molecule has 1 unspecified atom stereocenters. The molecule has 0 bridgehead atoms. The molecular weight excluding hydrogens is 262 g/mol. The highest BCUT2D eigenvalue weighted by atomic mass is 32.2. The van der Waals surface area contributed by atoms with Crippen LogP contribution >= 0.6 is 0 Å². The van der Waals surface area contributed by atoms with Crippen LogP contribution in [0, 0.1) is 0 Å². The lowest BCUT2D eigenvalue weighted by Crippen LogP contribution is -2.29. The van der Waals surface area contributed by atoms with Crippen LogP contribution < -0.4 is 0 Å². The number of carbonyl (C=O) groups is 1. The molecule has 5 heteroatoms. The number of hydrogen-bond donors (Lipinski definition) is 0. The number of sulfone groups is 1. The third-order valence-electron chi connectivity index (χ3n) is 3.96. The molecule has 3 rings (SSSR count). The van der Waals surface area contributed by atoms with Gasteiger partial charge in [-0.3, -0.25) is 4.79 Å². The van der Waals surface area contributed by atoms with E-state index in [0.29, 0.717) is 16.2 Å². The molecule has 0 aliphatic carbocycles. The van der Waals surface area contributed by atoms with Crippen LogP contribution in [0.25, 0.3) is 0 Å². The second-order valence-electron chi connectivity index (χ2n) is 5.00. The predicted octanol–water partition coefficient (Wildman–Crippen LogP) is 1.74. The zero-order valence-electron chi connectivity index (χ0n) is 10.7.